The maximum Gasteiger partial charge on any atom is 0.337 e. The SMILES string of the molecule is O=C(COc1ccc2c(c1)CCC2)NNC(=O)Nc1cc(Cl)ccc1Cl. The highest BCUT2D eigenvalue weighted by Crippen LogP contribution is 2.26. The first-order valence-electron chi connectivity index (χ1n) is 8.07. The summed E-state index contributed by atoms with van der Waals surface area (Å²) >= 11 is 11.8. The summed E-state index contributed by atoms with van der Waals surface area (Å²) in [6.45, 7) is -0.211. The molecule has 8 heteroatoms. The summed E-state index contributed by atoms with van der Waals surface area (Å²) in [4.78, 5) is 23.6. The summed E-state index contributed by atoms with van der Waals surface area (Å²) in [5.74, 6) is 0.147. The minimum absolute atomic E-state index is 0.211. The number of hydrogen-bond donors (Lipinski definition) is 3. The van der Waals surface area contributed by atoms with E-state index in [9.17, 15) is 9.59 Å². The molecule has 1 aliphatic rings. The number of aryl methyl sites for hydroxylation is 2. The van der Waals surface area contributed by atoms with Crippen LogP contribution >= 0.6 is 23.2 Å². The first-order chi connectivity index (χ1) is 12.5. The van der Waals surface area contributed by atoms with Gasteiger partial charge in [0.25, 0.3) is 5.91 Å². The Hall–Kier alpha value is -2.44. The second-order valence-corrected chi connectivity index (χ2v) is 6.67. The van der Waals surface area contributed by atoms with Gasteiger partial charge in [-0.25, -0.2) is 10.2 Å². The molecule has 3 N–H and O–H groups in total. The fourth-order valence-electron chi connectivity index (χ4n) is 2.70. The Balaban J connectivity index is 1.43. The molecule has 0 bridgehead atoms. The quantitative estimate of drug-likeness (QED) is 0.692. The van der Waals surface area contributed by atoms with Gasteiger partial charge in [-0.2, -0.15) is 0 Å². The van der Waals surface area contributed by atoms with Crippen molar-refractivity contribution in [3.8, 4) is 5.75 Å². The lowest BCUT2D eigenvalue weighted by molar-refractivity contribution is -0.123. The molecule has 0 radical (unpaired) electrons. The van der Waals surface area contributed by atoms with Crippen molar-refractivity contribution in [1.82, 2.24) is 10.9 Å². The zero-order valence-corrected chi connectivity index (χ0v) is 15.3. The van der Waals surface area contributed by atoms with Gasteiger partial charge in [-0.15, -0.1) is 0 Å². The lowest BCUT2D eigenvalue weighted by Gasteiger charge is -2.11. The lowest BCUT2D eigenvalue weighted by atomic mass is 10.1. The molecule has 0 fully saturated rings. The van der Waals surface area contributed by atoms with Gasteiger partial charge >= 0.3 is 6.03 Å². The number of benzene rings is 2. The molecule has 26 heavy (non-hydrogen) atoms. The van der Waals surface area contributed by atoms with Crippen LogP contribution in [0, 0.1) is 0 Å². The Kier molecular flexibility index (Phi) is 5.85. The van der Waals surface area contributed by atoms with E-state index in [1.807, 2.05) is 18.2 Å². The van der Waals surface area contributed by atoms with Crippen molar-refractivity contribution in [3.63, 3.8) is 0 Å². The molecule has 0 aromatic heterocycles. The highest BCUT2D eigenvalue weighted by atomic mass is 35.5. The third kappa shape index (κ3) is 4.80. The standard InChI is InChI=1S/C18H17Cl2N3O3/c19-13-5-7-15(20)16(9-13)21-18(25)23-22-17(24)10-26-14-6-4-11-2-1-3-12(11)8-14/h4-9H,1-3,10H2,(H,22,24)(H2,21,23,25). The van der Waals surface area contributed by atoms with E-state index in [1.165, 1.54) is 17.2 Å². The fraction of sp³-hybridized carbons (Fsp3) is 0.222. The smallest absolute Gasteiger partial charge is 0.337 e. The second-order valence-electron chi connectivity index (χ2n) is 5.82. The Morgan fingerprint density at radius 2 is 1.81 bits per heavy atom. The Bertz CT molecular complexity index is 842. The Morgan fingerprint density at radius 3 is 2.65 bits per heavy atom. The van der Waals surface area contributed by atoms with Crippen LogP contribution in [0.2, 0.25) is 10.0 Å². The summed E-state index contributed by atoms with van der Waals surface area (Å²) in [7, 11) is 0. The predicted molar refractivity (Wildman–Crippen MR) is 101 cm³/mol. The van der Waals surface area contributed by atoms with Crippen LogP contribution in [0.1, 0.15) is 17.5 Å². The van der Waals surface area contributed by atoms with Crippen LogP contribution in [0.25, 0.3) is 0 Å². The van der Waals surface area contributed by atoms with Crippen LogP contribution in [0.4, 0.5) is 10.5 Å². The second kappa shape index (κ2) is 8.29. The molecule has 0 atom stereocenters. The van der Waals surface area contributed by atoms with E-state index < -0.39 is 11.9 Å². The normalized spacial score (nSPS) is 12.2. The summed E-state index contributed by atoms with van der Waals surface area (Å²) in [5.41, 5.74) is 7.41. The van der Waals surface area contributed by atoms with Gasteiger partial charge in [-0.05, 0) is 60.7 Å². The van der Waals surface area contributed by atoms with Crippen LogP contribution in [0.3, 0.4) is 0 Å². The molecule has 0 heterocycles. The lowest BCUT2D eigenvalue weighted by Crippen LogP contribution is -2.45. The van der Waals surface area contributed by atoms with E-state index in [2.05, 4.69) is 16.2 Å². The maximum atomic E-state index is 11.8. The van der Waals surface area contributed by atoms with E-state index in [4.69, 9.17) is 27.9 Å². The van der Waals surface area contributed by atoms with Crippen LogP contribution in [0.15, 0.2) is 36.4 Å². The van der Waals surface area contributed by atoms with Gasteiger partial charge in [0.15, 0.2) is 6.61 Å². The molecule has 1 aliphatic carbocycles. The fourth-order valence-corrected chi connectivity index (χ4v) is 3.03. The third-order valence-electron chi connectivity index (χ3n) is 3.93. The molecule has 136 valence electrons. The highest BCUT2D eigenvalue weighted by molar-refractivity contribution is 6.35. The Morgan fingerprint density at radius 1 is 1.00 bits per heavy atom. The third-order valence-corrected chi connectivity index (χ3v) is 4.50. The van der Waals surface area contributed by atoms with E-state index in [0.717, 1.165) is 19.3 Å². The minimum Gasteiger partial charge on any atom is -0.484 e. The number of ether oxygens (including phenoxy) is 1. The van der Waals surface area contributed by atoms with Gasteiger partial charge in [0.1, 0.15) is 5.75 Å². The van der Waals surface area contributed by atoms with Crippen molar-refractivity contribution < 1.29 is 14.3 Å². The average Bonchev–Trinajstić information content (AvgIpc) is 3.09. The molecule has 0 spiro atoms. The molecule has 0 saturated carbocycles. The molecule has 6 nitrogen and oxygen atoms in total. The minimum atomic E-state index is -0.653. The molecule has 0 unspecified atom stereocenters. The van der Waals surface area contributed by atoms with E-state index in [-0.39, 0.29) is 6.61 Å². The number of anilines is 1. The van der Waals surface area contributed by atoms with Crippen molar-refractivity contribution in [1.29, 1.82) is 0 Å². The van der Waals surface area contributed by atoms with E-state index >= 15 is 0 Å². The van der Waals surface area contributed by atoms with Crippen molar-refractivity contribution in [3.05, 3.63) is 57.6 Å². The Labute approximate surface area is 160 Å². The number of fused-ring (bicyclic) bond motifs is 1. The molecule has 0 aliphatic heterocycles. The van der Waals surface area contributed by atoms with Gasteiger partial charge in [-0.1, -0.05) is 29.3 Å². The maximum absolute atomic E-state index is 11.8. The van der Waals surface area contributed by atoms with Crippen LogP contribution in [-0.4, -0.2) is 18.5 Å². The van der Waals surface area contributed by atoms with E-state index in [0.29, 0.717) is 21.5 Å². The van der Waals surface area contributed by atoms with Gasteiger partial charge in [0.05, 0.1) is 10.7 Å². The zero-order chi connectivity index (χ0) is 18.5. The largest absolute Gasteiger partial charge is 0.484 e. The van der Waals surface area contributed by atoms with Gasteiger partial charge < -0.3 is 10.1 Å². The molecule has 3 rings (SSSR count). The predicted octanol–water partition coefficient (Wildman–Crippen LogP) is 3.71. The van der Waals surface area contributed by atoms with Gasteiger partial charge in [0, 0.05) is 5.02 Å². The number of hydrazine groups is 1. The topological polar surface area (TPSA) is 79.5 Å². The molecular formula is C18H17Cl2N3O3. The number of nitrogens with one attached hydrogen (secondary N) is 3. The summed E-state index contributed by atoms with van der Waals surface area (Å²) < 4.78 is 5.46. The number of carbonyl (C=O) groups is 2. The molecular weight excluding hydrogens is 377 g/mol. The van der Waals surface area contributed by atoms with Gasteiger partial charge in [0.2, 0.25) is 0 Å². The summed E-state index contributed by atoms with van der Waals surface area (Å²) in [6.07, 6.45) is 3.27. The molecule has 2 aromatic rings. The molecule has 2 aromatic carbocycles. The van der Waals surface area contributed by atoms with Crippen LogP contribution in [-0.2, 0) is 17.6 Å². The number of rotatable bonds is 4. The zero-order valence-electron chi connectivity index (χ0n) is 13.8. The average molecular weight is 394 g/mol. The van der Waals surface area contributed by atoms with Gasteiger partial charge in [-0.3, -0.25) is 10.2 Å². The van der Waals surface area contributed by atoms with Crippen molar-refractivity contribution >= 4 is 40.8 Å². The van der Waals surface area contributed by atoms with Crippen LogP contribution in [0.5, 0.6) is 5.75 Å². The molecule has 0 saturated heterocycles. The van der Waals surface area contributed by atoms with Crippen molar-refractivity contribution in [2.45, 2.75) is 19.3 Å². The number of urea groups is 1. The summed E-state index contributed by atoms with van der Waals surface area (Å²) in [5, 5.41) is 3.24. The highest BCUT2D eigenvalue weighted by Gasteiger charge is 2.12. The van der Waals surface area contributed by atoms with Crippen LogP contribution < -0.4 is 20.9 Å². The number of hydrogen-bond acceptors (Lipinski definition) is 3. The first-order valence-corrected chi connectivity index (χ1v) is 8.82. The number of amides is 3. The molecule has 3 amide bonds. The van der Waals surface area contributed by atoms with Crippen molar-refractivity contribution in [2.24, 2.45) is 0 Å². The number of carbonyl (C=O) groups excluding carboxylic acids is 2. The van der Waals surface area contributed by atoms with E-state index in [1.54, 1.807) is 12.1 Å². The number of halogens is 2. The summed E-state index contributed by atoms with van der Waals surface area (Å²) in [6, 6.07) is 9.83. The first kappa shape index (κ1) is 18.4. The monoisotopic (exact) mass is 393 g/mol. The van der Waals surface area contributed by atoms with Crippen molar-refractivity contribution in [2.75, 3.05) is 11.9 Å².